The van der Waals surface area contributed by atoms with E-state index in [1.165, 1.54) is 0 Å². The van der Waals surface area contributed by atoms with Gasteiger partial charge in [0.15, 0.2) is 0 Å². The first-order chi connectivity index (χ1) is 13.7. The van der Waals surface area contributed by atoms with E-state index in [9.17, 15) is 4.79 Å². The quantitative estimate of drug-likeness (QED) is 0.203. The molecule has 0 radical (unpaired) electrons. The van der Waals surface area contributed by atoms with Gasteiger partial charge < -0.3 is 40.9 Å². The number of rotatable bonds is 4. The molecule has 0 aromatic rings. The molecule has 8 N–H and O–H groups in total. The maximum atomic E-state index is 9.87. The minimum absolute atomic E-state index is 0.250. The first-order valence-electron chi connectivity index (χ1n) is 6.45. The molecular formula is C13H26O16. The molecule has 0 bridgehead atoms. The Morgan fingerprint density at radius 2 is 0.724 bits per heavy atom. The lowest BCUT2D eigenvalue weighted by molar-refractivity contribution is -0.137. The Morgan fingerprint density at radius 3 is 0.828 bits per heavy atom. The van der Waals surface area contributed by atoms with Crippen LogP contribution in [0.1, 0.15) is 32.6 Å². The fraction of sp³-hybridized carbons (Fsp3) is 0.385. The van der Waals surface area contributed by atoms with Crippen LogP contribution >= 0.6 is 0 Å². The maximum absolute atomic E-state index is 9.87. The highest BCUT2D eigenvalue weighted by molar-refractivity contribution is 5.66. The van der Waals surface area contributed by atoms with Crippen molar-refractivity contribution in [2.45, 2.75) is 32.6 Å². The number of unbranched alkanes of at least 4 members (excludes halogenated alkanes) is 2. The third kappa shape index (κ3) is 19500. The van der Waals surface area contributed by atoms with E-state index < -0.39 is 5.97 Å². The normalized spacial score (nSPS) is 5.41. The van der Waals surface area contributed by atoms with Gasteiger partial charge in [0.25, 0.3) is 45.3 Å². The Morgan fingerprint density at radius 1 is 0.552 bits per heavy atom. The van der Waals surface area contributed by atoms with Crippen LogP contribution in [0.3, 0.4) is 0 Å². The zero-order chi connectivity index (χ0) is 25.4. The number of hydrogen-bond acceptors (Lipinski definition) is 8. The summed E-state index contributed by atoms with van der Waals surface area (Å²) in [5.74, 6) is -0.682. The van der Waals surface area contributed by atoms with Gasteiger partial charge in [-0.3, -0.25) is 38.4 Å². The average molecular weight is 438 g/mol. The molecule has 0 aromatic carbocycles. The molecule has 0 amide bonds. The predicted octanol–water partition coefficient (Wildman–Crippen LogP) is -0.443. The van der Waals surface area contributed by atoms with Crippen molar-refractivity contribution in [3.05, 3.63) is 0 Å². The molecule has 0 atom stereocenters. The average Bonchev–Trinajstić information content (AvgIpc) is 2.60. The lowest BCUT2D eigenvalue weighted by atomic mass is 10.2. The Hall–Kier alpha value is -4.24. The third-order valence-corrected chi connectivity index (χ3v) is 0.994. The van der Waals surface area contributed by atoms with Crippen LogP contribution in [0.4, 0.5) is 0 Å². The van der Waals surface area contributed by atoms with Gasteiger partial charge in [0.1, 0.15) is 0 Å². The van der Waals surface area contributed by atoms with Crippen LogP contribution in [0.25, 0.3) is 0 Å². The molecule has 0 aliphatic rings. The SMILES string of the molecule is CCCCCC(=O)O.O=CO.O=CO.O=CO.O=CO.O=CO.O=CO.O=CO. The summed E-state index contributed by atoms with van der Waals surface area (Å²) in [5.41, 5.74) is 0. The van der Waals surface area contributed by atoms with Gasteiger partial charge in [-0.15, -0.1) is 0 Å². The van der Waals surface area contributed by atoms with Crippen LogP contribution in [0.5, 0.6) is 0 Å². The number of carboxylic acid groups (broad SMARTS) is 8. The second kappa shape index (κ2) is 129. The van der Waals surface area contributed by atoms with Gasteiger partial charge in [-0.25, -0.2) is 0 Å². The molecule has 0 saturated heterocycles. The van der Waals surface area contributed by atoms with Crippen LogP contribution in [0, 0.1) is 0 Å². The van der Waals surface area contributed by atoms with Gasteiger partial charge in [0, 0.05) is 6.42 Å². The van der Waals surface area contributed by atoms with E-state index >= 15 is 0 Å². The molecule has 0 rings (SSSR count). The van der Waals surface area contributed by atoms with Gasteiger partial charge in [0.05, 0.1) is 0 Å². The van der Waals surface area contributed by atoms with Crippen molar-refractivity contribution < 1.29 is 79.2 Å². The fourth-order valence-corrected chi connectivity index (χ4v) is 0.526. The fourth-order valence-electron chi connectivity index (χ4n) is 0.526. The molecule has 0 spiro atoms. The summed E-state index contributed by atoms with van der Waals surface area (Å²) in [6.45, 7) is 0.307. The minimum atomic E-state index is -0.682. The zero-order valence-electron chi connectivity index (χ0n) is 15.2. The van der Waals surface area contributed by atoms with Crippen LogP contribution in [0.15, 0.2) is 0 Å². The van der Waals surface area contributed by atoms with Crippen molar-refractivity contribution in [1.29, 1.82) is 0 Å². The van der Waals surface area contributed by atoms with Gasteiger partial charge in [-0.05, 0) is 6.42 Å². The number of hydrogen-bond donors (Lipinski definition) is 8. The van der Waals surface area contributed by atoms with Gasteiger partial charge in [-0.2, -0.15) is 0 Å². The van der Waals surface area contributed by atoms with Gasteiger partial charge >= 0.3 is 5.97 Å². The summed E-state index contributed by atoms with van der Waals surface area (Å²) in [4.78, 5) is 68.4. The summed E-state index contributed by atoms with van der Waals surface area (Å²) in [6.07, 6.45) is 3.28. The maximum Gasteiger partial charge on any atom is 0.303 e. The Balaban J connectivity index is -0.0000000305. The molecular weight excluding hydrogens is 412 g/mol. The van der Waals surface area contributed by atoms with Crippen LogP contribution in [-0.2, 0) is 38.4 Å². The standard InChI is InChI=1S/C6H12O2.7CH2O2/c1-2-3-4-5-6(7)8;7*2-1-3/h2-5H2,1H3,(H,7,8);7*1H,(H,2,3). The van der Waals surface area contributed by atoms with E-state index in [0.717, 1.165) is 19.3 Å². The summed E-state index contributed by atoms with van der Waals surface area (Å²) < 4.78 is 0. The minimum Gasteiger partial charge on any atom is -0.483 e. The summed E-state index contributed by atoms with van der Waals surface area (Å²) in [5, 5.41) is 56.4. The highest BCUT2D eigenvalue weighted by Crippen LogP contribution is 1.97. The topological polar surface area (TPSA) is 298 Å². The largest absolute Gasteiger partial charge is 0.483 e. The molecule has 0 fully saturated rings. The number of carboxylic acids is 1. The lowest BCUT2D eigenvalue weighted by Gasteiger charge is -1.89. The van der Waals surface area contributed by atoms with Crippen molar-refractivity contribution >= 4 is 51.3 Å². The van der Waals surface area contributed by atoms with Crippen LogP contribution in [0.2, 0.25) is 0 Å². The smallest absolute Gasteiger partial charge is 0.303 e. The number of carbonyl (C=O) groups is 8. The molecule has 0 aromatic heterocycles. The molecule has 16 heteroatoms. The van der Waals surface area contributed by atoms with Crippen LogP contribution < -0.4 is 0 Å². The van der Waals surface area contributed by atoms with E-state index in [1.807, 2.05) is 0 Å². The first kappa shape index (κ1) is 49.8. The second-order valence-corrected chi connectivity index (χ2v) is 2.59. The molecule has 174 valence electrons. The molecule has 0 unspecified atom stereocenters. The zero-order valence-corrected chi connectivity index (χ0v) is 15.2. The van der Waals surface area contributed by atoms with Crippen molar-refractivity contribution in [1.82, 2.24) is 0 Å². The molecule has 29 heavy (non-hydrogen) atoms. The van der Waals surface area contributed by atoms with Crippen molar-refractivity contribution in [2.75, 3.05) is 0 Å². The molecule has 0 heterocycles. The third-order valence-electron chi connectivity index (χ3n) is 0.994. The Kier molecular flexibility index (Phi) is 222. The summed E-state index contributed by atoms with van der Waals surface area (Å²) in [7, 11) is 0. The van der Waals surface area contributed by atoms with E-state index in [4.69, 9.17) is 74.4 Å². The highest BCUT2D eigenvalue weighted by atomic mass is 16.4. The van der Waals surface area contributed by atoms with Crippen molar-refractivity contribution in [3.63, 3.8) is 0 Å². The molecule has 0 saturated carbocycles. The molecule has 0 aliphatic carbocycles. The van der Waals surface area contributed by atoms with Crippen molar-refractivity contribution in [2.24, 2.45) is 0 Å². The monoisotopic (exact) mass is 438 g/mol. The first-order valence-corrected chi connectivity index (χ1v) is 6.45. The Bertz CT molecular complexity index is 259. The van der Waals surface area contributed by atoms with Gasteiger partial charge in [0.2, 0.25) is 0 Å². The van der Waals surface area contributed by atoms with E-state index in [2.05, 4.69) is 6.92 Å². The summed E-state index contributed by atoms with van der Waals surface area (Å²) in [6, 6.07) is 0. The van der Waals surface area contributed by atoms with Crippen molar-refractivity contribution in [3.8, 4) is 0 Å². The molecule has 16 nitrogen and oxygen atoms in total. The predicted molar refractivity (Wildman–Crippen MR) is 92.6 cm³/mol. The van der Waals surface area contributed by atoms with E-state index in [0.29, 0.717) is 6.42 Å². The summed E-state index contributed by atoms with van der Waals surface area (Å²) >= 11 is 0. The highest BCUT2D eigenvalue weighted by Gasteiger charge is 1.92. The van der Waals surface area contributed by atoms with E-state index in [-0.39, 0.29) is 45.3 Å². The molecule has 0 aliphatic heterocycles. The van der Waals surface area contributed by atoms with Gasteiger partial charge in [-0.1, -0.05) is 19.8 Å². The Labute approximate surface area is 164 Å². The lowest BCUT2D eigenvalue weighted by Crippen LogP contribution is -1.92. The second-order valence-electron chi connectivity index (χ2n) is 2.59. The number of aliphatic carboxylic acids is 1. The van der Waals surface area contributed by atoms with Crippen LogP contribution in [-0.4, -0.2) is 92.1 Å². The van der Waals surface area contributed by atoms with E-state index in [1.54, 1.807) is 0 Å².